The predicted octanol–water partition coefficient (Wildman–Crippen LogP) is -6.72. The number of benzene rings is 1. The number of methoxy groups -OCH3 is 1. The smallest absolute Gasteiger partial charge is 0.251 e. The average Bonchev–Trinajstić information content (AvgIpc) is 0.771. The van der Waals surface area contributed by atoms with Gasteiger partial charge in [-0.2, -0.15) is 0 Å². The largest absolute Gasteiger partial charge is 0.494 e. The van der Waals surface area contributed by atoms with Crippen molar-refractivity contribution in [1.29, 1.82) is 0 Å². The minimum Gasteiger partial charge on any atom is -0.494 e. The van der Waals surface area contributed by atoms with Crippen molar-refractivity contribution in [3.8, 4) is 5.75 Å². The molecule has 18 N–H and O–H groups in total. The van der Waals surface area contributed by atoms with Crippen LogP contribution >= 0.6 is 0 Å². The number of rotatable bonds is 32. The average molecular weight is 1420 g/mol. The molecule has 0 aliphatic carbocycles. The van der Waals surface area contributed by atoms with E-state index in [1.165, 1.54) is 39.0 Å². The van der Waals surface area contributed by atoms with E-state index >= 15 is 0 Å². The summed E-state index contributed by atoms with van der Waals surface area (Å²) in [5.41, 5.74) is 0.0482. The molecule has 0 saturated carbocycles. The molecule has 0 radical (unpaired) electrons. The number of amides is 5. The summed E-state index contributed by atoms with van der Waals surface area (Å²) in [5.74, 6) is -3.67. The molecule has 6 aliphatic heterocycles. The van der Waals surface area contributed by atoms with Crippen molar-refractivity contribution in [2.75, 3.05) is 46.8 Å². The van der Waals surface area contributed by atoms with Gasteiger partial charge in [0, 0.05) is 40.4 Å². The molecule has 15 unspecified atom stereocenters. The first-order valence-electron chi connectivity index (χ1n) is 33.2. The summed E-state index contributed by atoms with van der Waals surface area (Å²) in [4.78, 5) is 65.1. The Morgan fingerprint density at radius 1 is 0.465 bits per heavy atom. The zero-order valence-corrected chi connectivity index (χ0v) is 56.1. The number of carbonyl (C=O) groups is 5. The van der Waals surface area contributed by atoms with E-state index in [0.717, 1.165) is 53.4 Å². The molecule has 6 heterocycles. The van der Waals surface area contributed by atoms with Gasteiger partial charge in [-0.05, 0) is 50.8 Å². The van der Waals surface area contributed by atoms with Crippen LogP contribution in [0.25, 0.3) is 0 Å². The number of aliphatic hydroxyl groups excluding tert-OH is 13. The Hall–Kier alpha value is -4.89. The highest BCUT2D eigenvalue weighted by molar-refractivity contribution is 5.94. The summed E-state index contributed by atoms with van der Waals surface area (Å²) in [5, 5.41) is 158. The highest BCUT2D eigenvalue weighted by Gasteiger charge is 2.58. The normalized spacial score (nSPS) is 39.6. The van der Waals surface area contributed by atoms with Crippen molar-refractivity contribution < 1.29 is 152 Å². The maximum Gasteiger partial charge on any atom is 0.251 e. The number of aliphatic hydroxyl groups is 13. The van der Waals surface area contributed by atoms with Crippen molar-refractivity contribution in [2.24, 2.45) is 0 Å². The molecule has 564 valence electrons. The van der Waals surface area contributed by atoms with E-state index in [0.29, 0.717) is 18.8 Å². The second kappa shape index (κ2) is 38.6. The number of carbonyl (C=O) groups excluding carboxylic acids is 5. The summed E-state index contributed by atoms with van der Waals surface area (Å²) in [6, 6.07) is -2.45. The molecule has 6 aliphatic rings. The van der Waals surface area contributed by atoms with Crippen LogP contribution in [-0.4, -0.2) is 327 Å². The lowest BCUT2D eigenvalue weighted by Crippen LogP contribution is -2.72. The number of allylic oxidation sites excluding steroid dienone is 2. The van der Waals surface area contributed by atoms with E-state index in [-0.39, 0.29) is 5.56 Å². The highest BCUT2D eigenvalue weighted by atomic mass is 16.8. The number of unbranched alkanes of at least 4 members (excludes halogenated alkanes) is 5. The summed E-state index contributed by atoms with van der Waals surface area (Å²) in [6.07, 6.45) is -32.0. The molecule has 5 amide bonds. The lowest BCUT2D eigenvalue weighted by Gasteiger charge is -2.51. The van der Waals surface area contributed by atoms with Crippen molar-refractivity contribution in [3.05, 3.63) is 42.0 Å². The number of hydrogen-bond acceptors (Lipinski definition) is 31. The van der Waals surface area contributed by atoms with E-state index in [1.807, 2.05) is 0 Å². The van der Waals surface area contributed by atoms with Gasteiger partial charge >= 0.3 is 0 Å². The van der Waals surface area contributed by atoms with Gasteiger partial charge in [0.25, 0.3) is 5.91 Å². The zero-order valence-electron chi connectivity index (χ0n) is 56.1. The zero-order chi connectivity index (χ0) is 72.5. The molecule has 36 nitrogen and oxygen atoms in total. The number of ether oxygens (including phenoxy) is 13. The van der Waals surface area contributed by atoms with Gasteiger partial charge in [0.15, 0.2) is 37.7 Å². The quantitative estimate of drug-likeness (QED) is 0.0235. The molecular weight excluding hydrogens is 1320 g/mol. The van der Waals surface area contributed by atoms with Gasteiger partial charge in [0.05, 0.1) is 45.7 Å². The molecule has 36 heteroatoms. The summed E-state index contributed by atoms with van der Waals surface area (Å²) < 4.78 is 77.9. The lowest BCUT2D eigenvalue weighted by atomic mass is 9.93. The summed E-state index contributed by atoms with van der Waals surface area (Å²) in [7, 11) is 1.21. The monoisotopic (exact) mass is 1420 g/mol. The molecule has 1 aromatic rings. The van der Waals surface area contributed by atoms with Gasteiger partial charge in [0.2, 0.25) is 23.6 Å². The van der Waals surface area contributed by atoms with E-state index in [4.69, 9.17) is 61.6 Å². The molecule has 0 spiro atoms. The Morgan fingerprint density at radius 3 is 1.35 bits per heavy atom. The maximum absolute atomic E-state index is 14.0. The Bertz CT molecular complexity index is 2730. The third-order valence-electron chi connectivity index (χ3n) is 17.8. The first-order valence-corrected chi connectivity index (χ1v) is 33.2. The fourth-order valence-corrected chi connectivity index (χ4v) is 12.7. The molecule has 0 bridgehead atoms. The fraction of sp³-hybridized carbons (Fsp3) is 0.794. The van der Waals surface area contributed by atoms with E-state index in [1.54, 1.807) is 12.1 Å². The van der Waals surface area contributed by atoms with Crippen LogP contribution in [0.5, 0.6) is 5.75 Å². The van der Waals surface area contributed by atoms with Crippen molar-refractivity contribution in [3.63, 3.8) is 0 Å². The fourth-order valence-electron chi connectivity index (χ4n) is 12.7. The first-order chi connectivity index (χ1) is 47.2. The van der Waals surface area contributed by atoms with E-state index in [9.17, 15) is 90.4 Å². The number of nitrogens with one attached hydrogen (secondary N) is 5. The van der Waals surface area contributed by atoms with Gasteiger partial charge in [0.1, 0.15) is 146 Å². The van der Waals surface area contributed by atoms with Crippen molar-refractivity contribution >= 4 is 29.5 Å². The standard InChI is InChI=1S/C63H101N5O31/c1-8-9-10-11-12-13-14-15-16-20-88-33-19-17-18-32(21-33)57(85)68-40-46(79)45(78)34(22-69)92-59(40)96-52-35(23-70)93-60(41(48(52)81)65-29(4)74)97-53-36(24-71)94-61(42(49(53)82)66-30(5)75)98-54-37(25-72)95-62(43(50(54)83)67-31(6)76)99-55-38(91-58(86)39(47(55)80)64-28(3)73)26-89-63-56(87-7)51(84)44(77)27(2)90-63/h13-14,17-19,21,27,34-56,58-63,69-72,77-84,86H,8-12,15-16,20,22-26H2,1-7H3,(H,64,73)(H,65,74)(H,66,75)(H,67,76)(H,68,85)/b14-13-/t27?,34?,35-,36?,37-,38?,39-,40-,41?,42-,43?,44?,45+,46+,47+,48?,49+,50?,51-,52+,53?,54+,55?,56-,58?,59?,60?,61-,62?,63+/m0/s1. The summed E-state index contributed by atoms with van der Waals surface area (Å²) >= 11 is 0. The molecule has 1 aromatic carbocycles. The lowest BCUT2D eigenvalue weighted by molar-refractivity contribution is -0.368. The van der Waals surface area contributed by atoms with E-state index < -0.39 is 246 Å². The van der Waals surface area contributed by atoms with Crippen molar-refractivity contribution in [2.45, 2.75) is 270 Å². The van der Waals surface area contributed by atoms with Gasteiger partial charge < -0.3 is 155 Å². The molecular formula is C63H101N5O31. The molecule has 6 saturated heterocycles. The van der Waals surface area contributed by atoms with Crippen LogP contribution in [-0.2, 0) is 76.0 Å². The minimum absolute atomic E-state index is 0.0482. The molecule has 0 aromatic heterocycles. The Balaban J connectivity index is 1.07. The van der Waals surface area contributed by atoms with Gasteiger partial charge in [-0.15, -0.1) is 0 Å². The SMILES string of the molecule is CCCCCC/C=C\CCCOc1cccc(C(=O)N[C@@H]2C(O[C@H]3C(O)C(NC(C)=O)C(OC4C(CO)O[C@@H](O[C@H]5C(O)C(NC(C)=O)C(OC6C(CO[C@@H]7OC(C)C(O)[C@H](O)[C@@H]7OC)OC(O)[C@@H](NC(C)=O)[C@H]6O)O[C@H]5CO)[C@@H](NC(C)=O)[C@H]4O)O[C@H]3CO)OC(CO)[C@@H](O)[C@@H]2O)c1. The third kappa shape index (κ3) is 20.9. The molecule has 30 atom stereocenters. The second-order valence-corrected chi connectivity index (χ2v) is 25.3. The van der Waals surface area contributed by atoms with E-state index in [2.05, 4.69) is 45.7 Å². The van der Waals surface area contributed by atoms with Gasteiger partial charge in [-0.1, -0.05) is 44.4 Å². The van der Waals surface area contributed by atoms with Crippen LogP contribution in [0.15, 0.2) is 36.4 Å². The Morgan fingerprint density at radius 2 is 0.899 bits per heavy atom. The Kier molecular flexibility index (Phi) is 31.7. The van der Waals surface area contributed by atoms with Crippen LogP contribution in [0.4, 0.5) is 0 Å². The van der Waals surface area contributed by atoms with Gasteiger partial charge in [-0.3, -0.25) is 24.0 Å². The number of hydrogen-bond donors (Lipinski definition) is 18. The highest BCUT2D eigenvalue weighted by Crippen LogP contribution is 2.37. The second-order valence-electron chi connectivity index (χ2n) is 25.3. The van der Waals surface area contributed by atoms with Crippen LogP contribution in [0.3, 0.4) is 0 Å². The van der Waals surface area contributed by atoms with Crippen LogP contribution in [0.1, 0.15) is 96.8 Å². The van der Waals surface area contributed by atoms with Crippen LogP contribution in [0, 0.1) is 0 Å². The Labute approximate surface area is 571 Å². The van der Waals surface area contributed by atoms with Crippen LogP contribution in [0.2, 0.25) is 0 Å². The van der Waals surface area contributed by atoms with Gasteiger partial charge in [-0.25, -0.2) is 0 Å². The molecule has 6 fully saturated rings. The van der Waals surface area contributed by atoms with Crippen LogP contribution < -0.4 is 31.3 Å². The summed E-state index contributed by atoms with van der Waals surface area (Å²) in [6.45, 7) is 3.52. The minimum atomic E-state index is -2.07. The molecule has 7 rings (SSSR count). The topological polar surface area (TPSA) is 528 Å². The first kappa shape index (κ1) is 81.4. The van der Waals surface area contributed by atoms with Crippen molar-refractivity contribution in [1.82, 2.24) is 26.6 Å². The molecule has 99 heavy (non-hydrogen) atoms. The maximum atomic E-state index is 14.0. The predicted molar refractivity (Wildman–Crippen MR) is 333 cm³/mol. The third-order valence-corrected chi connectivity index (χ3v) is 17.8.